The minimum Gasteiger partial charge on any atom is -0.391 e. The van der Waals surface area contributed by atoms with Crippen LogP contribution in [0.1, 0.15) is 19.2 Å². The monoisotopic (exact) mass is 330 g/mol. The fourth-order valence-electron chi connectivity index (χ4n) is 2.55. The van der Waals surface area contributed by atoms with Crippen LogP contribution in [0, 0.1) is 0 Å². The summed E-state index contributed by atoms with van der Waals surface area (Å²) in [6.45, 7) is 2.45. The van der Waals surface area contributed by atoms with Gasteiger partial charge in [-0.3, -0.25) is 0 Å². The zero-order chi connectivity index (χ0) is 16.2. The molecule has 3 aromatic rings. The number of rotatable bonds is 7. The molecule has 0 bridgehead atoms. The lowest BCUT2D eigenvalue weighted by atomic mass is 10.1. The van der Waals surface area contributed by atoms with Gasteiger partial charge in [-0.2, -0.15) is 16.9 Å². The van der Waals surface area contributed by atoms with Gasteiger partial charge in [-0.25, -0.2) is 9.67 Å². The molecule has 0 unspecified atom stereocenters. The smallest absolute Gasteiger partial charge is 0.158 e. The van der Waals surface area contributed by atoms with Crippen LogP contribution < -0.4 is 0 Å². The van der Waals surface area contributed by atoms with Gasteiger partial charge in [0.25, 0.3) is 0 Å². The predicted molar refractivity (Wildman–Crippen MR) is 95.7 cm³/mol. The molecule has 122 valence electrons. The standard InChI is InChI=1S/C17H22N4OS/c1-3-14(22)11-21-17(19-16(20-21)7-9-23-2)13-4-5-15-12(10-13)6-8-18-15/h4-6,8,10,14,18,22H,3,7,9,11H2,1-2H3/t14-/m1/s1. The third-order valence-electron chi connectivity index (χ3n) is 3.91. The summed E-state index contributed by atoms with van der Waals surface area (Å²) in [6, 6.07) is 8.27. The summed E-state index contributed by atoms with van der Waals surface area (Å²) in [5.74, 6) is 2.67. The fourth-order valence-corrected chi connectivity index (χ4v) is 2.94. The number of H-pyrrole nitrogens is 1. The quantitative estimate of drug-likeness (QED) is 0.698. The number of thioether (sulfide) groups is 1. The number of aryl methyl sites for hydroxylation is 1. The average molecular weight is 330 g/mol. The lowest BCUT2D eigenvalue weighted by Crippen LogP contribution is -2.16. The average Bonchev–Trinajstić information content (AvgIpc) is 3.18. The summed E-state index contributed by atoms with van der Waals surface area (Å²) in [5.41, 5.74) is 2.14. The van der Waals surface area contributed by atoms with Crippen LogP contribution in [0.25, 0.3) is 22.3 Å². The molecular weight excluding hydrogens is 308 g/mol. The number of aromatic amines is 1. The van der Waals surface area contributed by atoms with Gasteiger partial charge in [-0.1, -0.05) is 6.92 Å². The predicted octanol–water partition coefficient (Wildman–Crippen LogP) is 3.10. The molecule has 2 aromatic heterocycles. The Hall–Kier alpha value is -1.79. The Labute approximate surface area is 140 Å². The number of aliphatic hydroxyl groups excluding tert-OH is 1. The van der Waals surface area contributed by atoms with Crippen molar-refractivity contribution in [2.45, 2.75) is 32.4 Å². The molecule has 1 aromatic carbocycles. The highest BCUT2D eigenvalue weighted by atomic mass is 32.2. The van der Waals surface area contributed by atoms with E-state index in [4.69, 9.17) is 4.98 Å². The van der Waals surface area contributed by atoms with E-state index in [0.29, 0.717) is 13.0 Å². The zero-order valence-electron chi connectivity index (χ0n) is 13.5. The van der Waals surface area contributed by atoms with Gasteiger partial charge in [0.05, 0.1) is 12.6 Å². The van der Waals surface area contributed by atoms with Crippen molar-refractivity contribution in [3.8, 4) is 11.4 Å². The molecule has 5 nitrogen and oxygen atoms in total. The van der Waals surface area contributed by atoms with Crippen LogP contribution in [-0.2, 0) is 13.0 Å². The fraction of sp³-hybridized carbons (Fsp3) is 0.412. The van der Waals surface area contributed by atoms with Crippen molar-refractivity contribution in [3.05, 3.63) is 36.3 Å². The van der Waals surface area contributed by atoms with Crippen LogP contribution in [0.5, 0.6) is 0 Å². The first-order valence-electron chi connectivity index (χ1n) is 7.89. The zero-order valence-corrected chi connectivity index (χ0v) is 14.3. The van der Waals surface area contributed by atoms with Crippen molar-refractivity contribution < 1.29 is 5.11 Å². The van der Waals surface area contributed by atoms with Crippen molar-refractivity contribution in [3.63, 3.8) is 0 Å². The SMILES string of the molecule is CC[C@@H](O)Cn1nc(CCSC)nc1-c1ccc2[nH]ccc2c1. The van der Waals surface area contributed by atoms with Gasteiger partial charge in [-0.05, 0) is 36.9 Å². The highest BCUT2D eigenvalue weighted by Crippen LogP contribution is 2.23. The van der Waals surface area contributed by atoms with Crippen LogP contribution in [0.3, 0.4) is 0 Å². The highest BCUT2D eigenvalue weighted by Gasteiger charge is 2.15. The number of fused-ring (bicyclic) bond motifs is 1. The second kappa shape index (κ2) is 7.19. The van der Waals surface area contributed by atoms with Gasteiger partial charge < -0.3 is 10.1 Å². The van der Waals surface area contributed by atoms with E-state index in [1.54, 1.807) is 11.8 Å². The van der Waals surface area contributed by atoms with Gasteiger partial charge in [0.1, 0.15) is 0 Å². The highest BCUT2D eigenvalue weighted by molar-refractivity contribution is 7.98. The molecule has 0 aliphatic heterocycles. The molecular formula is C17H22N4OS. The molecule has 0 aliphatic rings. The molecule has 0 aliphatic carbocycles. The molecule has 6 heteroatoms. The van der Waals surface area contributed by atoms with Crippen LogP contribution >= 0.6 is 11.8 Å². The van der Waals surface area contributed by atoms with Crippen molar-refractivity contribution >= 4 is 22.7 Å². The van der Waals surface area contributed by atoms with E-state index >= 15 is 0 Å². The van der Waals surface area contributed by atoms with Crippen molar-refractivity contribution in [2.75, 3.05) is 12.0 Å². The molecule has 1 atom stereocenters. The van der Waals surface area contributed by atoms with E-state index in [2.05, 4.69) is 40.6 Å². The van der Waals surface area contributed by atoms with Crippen molar-refractivity contribution in [2.24, 2.45) is 0 Å². The third kappa shape index (κ3) is 3.59. The summed E-state index contributed by atoms with van der Waals surface area (Å²) in [5, 5.41) is 15.8. The van der Waals surface area contributed by atoms with E-state index in [1.165, 1.54) is 0 Å². The number of aromatic nitrogens is 4. The molecule has 2 N–H and O–H groups in total. The van der Waals surface area contributed by atoms with E-state index in [-0.39, 0.29) is 0 Å². The van der Waals surface area contributed by atoms with Gasteiger partial charge >= 0.3 is 0 Å². The van der Waals surface area contributed by atoms with Gasteiger partial charge in [-0.15, -0.1) is 0 Å². The summed E-state index contributed by atoms with van der Waals surface area (Å²) in [7, 11) is 0. The number of hydrogen-bond donors (Lipinski definition) is 2. The number of benzene rings is 1. The molecule has 0 spiro atoms. The van der Waals surface area contributed by atoms with Crippen molar-refractivity contribution in [1.29, 1.82) is 0 Å². The maximum Gasteiger partial charge on any atom is 0.158 e. The minimum atomic E-state index is -0.403. The first-order valence-corrected chi connectivity index (χ1v) is 9.29. The number of hydrogen-bond acceptors (Lipinski definition) is 4. The Morgan fingerprint density at radius 3 is 3.00 bits per heavy atom. The van der Waals surface area contributed by atoms with E-state index in [0.717, 1.165) is 40.3 Å². The van der Waals surface area contributed by atoms with Crippen molar-refractivity contribution in [1.82, 2.24) is 19.7 Å². The van der Waals surface area contributed by atoms with Crippen LogP contribution in [0.2, 0.25) is 0 Å². The molecule has 0 fully saturated rings. The molecule has 23 heavy (non-hydrogen) atoms. The largest absolute Gasteiger partial charge is 0.391 e. The lowest BCUT2D eigenvalue weighted by molar-refractivity contribution is 0.145. The van der Waals surface area contributed by atoms with Crippen LogP contribution in [-0.4, -0.2) is 43.0 Å². The Kier molecular flexibility index (Phi) is 5.03. The molecule has 0 saturated carbocycles. The summed E-state index contributed by atoms with van der Waals surface area (Å²) >= 11 is 1.79. The molecule has 0 amide bonds. The topological polar surface area (TPSA) is 66.7 Å². The number of nitrogens with one attached hydrogen (secondary N) is 1. The maximum atomic E-state index is 10.0. The number of nitrogens with zero attached hydrogens (tertiary/aromatic N) is 3. The molecule has 0 radical (unpaired) electrons. The lowest BCUT2D eigenvalue weighted by Gasteiger charge is -2.10. The number of aliphatic hydroxyl groups is 1. The second-order valence-electron chi connectivity index (χ2n) is 5.62. The van der Waals surface area contributed by atoms with E-state index in [1.807, 2.05) is 17.8 Å². The van der Waals surface area contributed by atoms with Gasteiger partial charge in [0.15, 0.2) is 11.6 Å². The second-order valence-corrected chi connectivity index (χ2v) is 6.60. The maximum absolute atomic E-state index is 10.0. The van der Waals surface area contributed by atoms with Crippen LogP contribution in [0.15, 0.2) is 30.5 Å². The van der Waals surface area contributed by atoms with Gasteiger partial charge in [0, 0.05) is 34.8 Å². The first kappa shape index (κ1) is 16.1. The normalized spacial score (nSPS) is 12.8. The first-order chi connectivity index (χ1) is 11.2. The summed E-state index contributed by atoms with van der Waals surface area (Å²) in [4.78, 5) is 7.92. The third-order valence-corrected chi connectivity index (χ3v) is 4.52. The van der Waals surface area contributed by atoms with E-state index < -0.39 is 6.10 Å². The Morgan fingerprint density at radius 2 is 2.22 bits per heavy atom. The molecule has 2 heterocycles. The minimum absolute atomic E-state index is 0.403. The summed E-state index contributed by atoms with van der Waals surface area (Å²) < 4.78 is 1.84. The van der Waals surface area contributed by atoms with Gasteiger partial charge in [0.2, 0.25) is 0 Å². The molecule has 0 saturated heterocycles. The Morgan fingerprint density at radius 1 is 1.35 bits per heavy atom. The summed E-state index contributed by atoms with van der Waals surface area (Å²) in [6.07, 6.45) is 5.16. The Balaban J connectivity index is 1.98. The van der Waals surface area contributed by atoms with Crippen LogP contribution in [0.4, 0.5) is 0 Å². The van der Waals surface area contributed by atoms with E-state index in [9.17, 15) is 5.11 Å². The molecule has 3 rings (SSSR count). The Bertz CT molecular complexity index is 780.